The van der Waals surface area contributed by atoms with Crippen molar-refractivity contribution in [3.05, 3.63) is 22.9 Å². The van der Waals surface area contributed by atoms with Gasteiger partial charge < -0.3 is 10.2 Å². The molecular formula is C9H11BrN2O5S. The highest BCUT2D eigenvalue weighted by Crippen LogP contribution is 2.14. The molecule has 0 radical (unpaired) electrons. The monoisotopic (exact) mass is 338 g/mol. The highest BCUT2D eigenvalue weighted by atomic mass is 79.9. The van der Waals surface area contributed by atoms with Gasteiger partial charge in [-0.15, -0.1) is 0 Å². The summed E-state index contributed by atoms with van der Waals surface area (Å²) in [5.74, 6) is -1.46. The fourth-order valence-electron chi connectivity index (χ4n) is 1.13. The van der Waals surface area contributed by atoms with Crippen LogP contribution < -0.4 is 4.72 Å². The van der Waals surface area contributed by atoms with Gasteiger partial charge in [-0.25, -0.2) is 8.42 Å². The first-order chi connectivity index (χ1) is 8.24. The Morgan fingerprint density at radius 3 is 2.56 bits per heavy atom. The maximum Gasteiger partial charge on any atom is 0.324 e. The van der Waals surface area contributed by atoms with Crippen LogP contribution >= 0.6 is 15.9 Å². The molecule has 1 aromatic heterocycles. The van der Waals surface area contributed by atoms with Crippen molar-refractivity contribution >= 4 is 31.9 Å². The van der Waals surface area contributed by atoms with Crippen LogP contribution in [-0.2, 0) is 14.8 Å². The third kappa shape index (κ3) is 3.73. The van der Waals surface area contributed by atoms with Crippen LogP contribution in [0.4, 0.5) is 0 Å². The van der Waals surface area contributed by atoms with E-state index in [4.69, 9.17) is 5.11 Å². The normalized spacial score (nSPS) is 15.1. The molecule has 0 aromatic carbocycles. The zero-order chi connectivity index (χ0) is 13.9. The smallest absolute Gasteiger partial charge is 0.324 e. The Morgan fingerprint density at radius 1 is 1.50 bits per heavy atom. The van der Waals surface area contributed by atoms with Crippen molar-refractivity contribution in [2.75, 3.05) is 0 Å². The number of rotatable bonds is 5. The molecule has 0 saturated carbocycles. The number of aliphatic hydroxyl groups is 1. The Balaban J connectivity index is 3.05. The van der Waals surface area contributed by atoms with Crippen LogP contribution in [-0.4, -0.2) is 41.7 Å². The molecule has 2 atom stereocenters. The molecule has 3 N–H and O–H groups in total. The zero-order valence-corrected chi connectivity index (χ0v) is 11.6. The quantitative estimate of drug-likeness (QED) is 0.693. The number of carboxylic acid groups (broad SMARTS) is 1. The van der Waals surface area contributed by atoms with E-state index in [2.05, 4.69) is 20.9 Å². The third-order valence-corrected chi connectivity index (χ3v) is 3.86. The number of halogens is 1. The molecule has 18 heavy (non-hydrogen) atoms. The van der Waals surface area contributed by atoms with E-state index >= 15 is 0 Å². The van der Waals surface area contributed by atoms with Gasteiger partial charge in [0.1, 0.15) is 10.9 Å². The Hall–Kier alpha value is -1.03. The molecule has 0 aliphatic rings. The number of carbonyl (C=O) groups is 1. The molecule has 0 amide bonds. The third-order valence-electron chi connectivity index (χ3n) is 2.02. The van der Waals surface area contributed by atoms with Gasteiger partial charge in [0.15, 0.2) is 0 Å². The number of aromatic nitrogens is 1. The topological polar surface area (TPSA) is 117 Å². The van der Waals surface area contributed by atoms with Gasteiger partial charge in [-0.3, -0.25) is 9.78 Å². The number of pyridine rings is 1. The fraction of sp³-hybridized carbons (Fsp3) is 0.333. The van der Waals surface area contributed by atoms with Crippen LogP contribution in [0.1, 0.15) is 6.92 Å². The molecule has 0 bridgehead atoms. The molecule has 0 spiro atoms. The van der Waals surface area contributed by atoms with Crippen molar-refractivity contribution in [3.8, 4) is 0 Å². The summed E-state index contributed by atoms with van der Waals surface area (Å²) in [5.41, 5.74) is 0. The number of carboxylic acids is 1. The average molecular weight is 339 g/mol. The van der Waals surface area contributed by atoms with Gasteiger partial charge in [0.25, 0.3) is 0 Å². The molecule has 9 heteroatoms. The van der Waals surface area contributed by atoms with E-state index in [9.17, 15) is 18.3 Å². The largest absolute Gasteiger partial charge is 0.480 e. The molecule has 7 nitrogen and oxygen atoms in total. The molecule has 0 aliphatic heterocycles. The number of nitrogens with one attached hydrogen (secondary N) is 1. The lowest BCUT2D eigenvalue weighted by Gasteiger charge is -2.16. The molecular weight excluding hydrogens is 328 g/mol. The highest BCUT2D eigenvalue weighted by molar-refractivity contribution is 9.10. The van der Waals surface area contributed by atoms with Crippen LogP contribution in [0.3, 0.4) is 0 Å². The van der Waals surface area contributed by atoms with Gasteiger partial charge in [0, 0.05) is 16.9 Å². The fourth-order valence-corrected chi connectivity index (χ4v) is 2.90. The standard InChI is InChI=1S/C9H11BrN2O5S/c1-5(13)8(9(14)15)12-18(16,17)7-2-6(10)3-11-4-7/h2-5,8,12-13H,1H3,(H,14,15)/t5-,8+/m1/s1. The van der Waals surface area contributed by atoms with Gasteiger partial charge in [-0.1, -0.05) is 0 Å². The summed E-state index contributed by atoms with van der Waals surface area (Å²) in [4.78, 5) is 14.3. The van der Waals surface area contributed by atoms with Gasteiger partial charge in [0.2, 0.25) is 10.0 Å². The first-order valence-corrected chi connectivity index (χ1v) is 7.05. The number of hydrogen-bond acceptors (Lipinski definition) is 5. The number of sulfonamides is 1. The van der Waals surface area contributed by atoms with Gasteiger partial charge in [0.05, 0.1) is 6.10 Å². The summed E-state index contributed by atoms with van der Waals surface area (Å²) in [6.45, 7) is 1.18. The molecule has 100 valence electrons. The van der Waals surface area contributed by atoms with E-state index in [0.29, 0.717) is 4.47 Å². The van der Waals surface area contributed by atoms with Crippen molar-refractivity contribution in [2.45, 2.75) is 24.0 Å². The van der Waals surface area contributed by atoms with E-state index in [0.717, 1.165) is 6.20 Å². The van der Waals surface area contributed by atoms with Crippen molar-refractivity contribution in [1.29, 1.82) is 0 Å². The van der Waals surface area contributed by atoms with E-state index in [1.807, 2.05) is 4.72 Å². The van der Waals surface area contributed by atoms with E-state index < -0.39 is 28.1 Å². The van der Waals surface area contributed by atoms with Crippen LogP contribution in [0, 0.1) is 0 Å². The zero-order valence-electron chi connectivity index (χ0n) is 9.24. The minimum absolute atomic E-state index is 0.191. The lowest BCUT2D eigenvalue weighted by Crippen LogP contribution is -2.47. The van der Waals surface area contributed by atoms with Crippen LogP contribution in [0.5, 0.6) is 0 Å². The van der Waals surface area contributed by atoms with Crippen LogP contribution in [0.15, 0.2) is 27.8 Å². The van der Waals surface area contributed by atoms with Crippen molar-refractivity contribution in [3.63, 3.8) is 0 Å². The van der Waals surface area contributed by atoms with Gasteiger partial charge in [-0.05, 0) is 28.9 Å². The number of hydrogen-bond donors (Lipinski definition) is 3. The lowest BCUT2D eigenvalue weighted by molar-refractivity contribution is -0.141. The Bertz CT molecular complexity index is 546. The summed E-state index contributed by atoms with van der Waals surface area (Å²) >= 11 is 3.06. The number of aliphatic carboxylic acids is 1. The molecule has 0 aliphatic carbocycles. The molecule has 1 aromatic rings. The minimum atomic E-state index is -4.06. The van der Waals surface area contributed by atoms with Crippen molar-refractivity contribution in [1.82, 2.24) is 9.71 Å². The second-order valence-corrected chi connectivity index (χ2v) is 6.15. The molecule has 1 rings (SSSR count). The van der Waals surface area contributed by atoms with E-state index in [1.54, 1.807) is 0 Å². The van der Waals surface area contributed by atoms with Gasteiger partial charge in [-0.2, -0.15) is 4.72 Å². The lowest BCUT2D eigenvalue weighted by atomic mass is 10.2. The average Bonchev–Trinajstić information content (AvgIpc) is 2.25. The highest BCUT2D eigenvalue weighted by Gasteiger charge is 2.29. The van der Waals surface area contributed by atoms with Gasteiger partial charge >= 0.3 is 5.97 Å². The summed E-state index contributed by atoms with van der Waals surface area (Å²) in [7, 11) is -4.06. The Morgan fingerprint density at radius 2 is 2.11 bits per heavy atom. The summed E-state index contributed by atoms with van der Waals surface area (Å²) in [5, 5.41) is 18.0. The van der Waals surface area contributed by atoms with E-state index in [-0.39, 0.29) is 4.90 Å². The van der Waals surface area contributed by atoms with Crippen LogP contribution in [0.25, 0.3) is 0 Å². The maximum absolute atomic E-state index is 11.9. The van der Waals surface area contributed by atoms with Crippen molar-refractivity contribution < 1.29 is 23.4 Å². The number of aliphatic hydroxyl groups excluding tert-OH is 1. The molecule has 0 saturated heterocycles. The summed E-state index contributed by atoms with van der Waals surface area (Å²) in [6, 6.07) is -0.343. The Kier molecular flexibility index (Phi) is 4.79. The minimum Gasteiger partial charge on any atom is -0.480 e. The van der Waals surface area contributed by atoms with Crippen LogP contribution in [0.2, 0.25) is 0 Å². The van der Waals surface area contributed by atoms with Crippen molar-refractivity contribution in [2.24, 2.45) is 0 Å². The first-order valence-electron chi connectivity index (χ1n) is 4.78. The predicted octanol–water partition coefficient (Wildman–Crippen LogP) is -0.0436. The second kappa shape index (κ2) is 5.74. The van der Waals surface area contributed by atoms with E-state index in [1.165, 1.54) is 19.2 Å². The second-order valence-electron chi connectivity index (χ2n) is 3.52. The first kappa shape index (κ1) is 15.0. The molecule has 1 heterocycles. The molecule has 0 unspecified atom stereocenters. The molecule has 0 fully saturated rings. The summed E-state index contributed by atoms with van der Waals surface area (Å²) < 4.78 is 26.1. The Labute approximate surface area is 112 Å². The number of nitrogens with zero attached hydrogens (tertiary/aromatic N) is 1. The summed E-state index contributed by atoms with van der Waals surface area (Å²) in [6.07, 6.45) is 1.11. The SMILES string of the molecule is C[C@@H](O)[C@H](NS(=O)(=O)c1cncc(Br)c1)C(=O)O. The predicted molar refractivity (Wildman–Crippen MR) is 65.4 cm³/mol. The maximum atomic E-state index is 11.9.